The van der Waals surface area contributed by atoms with Crippen molar-refractivity contribution < 1.29 is 9.32 Å². The Hall–Kier alpha value is -1.49. The fraction of sp³-hybridized carbons (Fsp3) is 0.400. The number of aliphatic hydroxyl groups excluding tert-OH is 1. The maximum absolute atomic E-state index is 11.5. The van der Waals surface area contributed by atoms with Gasteiger partial charge in [-0.1, -0.05) is 42.5 Å². The van der Waals surface area contributed by atoms with Gasteiger partial charge in [-0.2, -0.15) is 0 Å². The maximum Gasteiger partial charge on any atom is 0.0518 e. The molecule has 2 N–H and O–H groups in total. The lowest BCUT2D eigenvalue weighted by Gasteiger charge is -2.23. The predicted octanol–water partition coefficient (Wildman–Crippen LogP) is 3.63. The fourth-order valence-corrected chi connectivity index (χ4v) is 3.38. The van der Waals surface area contributed by atoms with Crippen molar-refractivity contribution >= 4 is 10.8 Å². The summed E-state index contributed by atoms with van der Waals surface area (Å²) in [5.41, 5.74) is 2.42. The first kappa shape index (κ1) is 18.8. The second-order valence-electron chi connectivity index (χ2n) is 6.35. The van der Waals surface area contributed by atoms with Crippen LogP contribution in [-0.2, 0) is 10.8 Å². The quantitative estimate of drug-likeness (QED) is 0.768. The molecule has 3 nitrogen and oxygen atoms in total. The van der Waals surface area contributed by atoms with Crippen LogP contribution in [0.25, 0.3) is 0 Å². The normalized spacial score (nSPS) is 16.3. The Morgan fingerprint density at radius 3 is 2.17 bits per heavy atom. The SMILES string of the molecule is CC(O)CC(CNC(C)c1ccc(S(C)=O)cc1)c1ccccc1. The second-order valence-corrected chi connectivity index (χ2v) is 7.73. The molecule has 0 spiro atoms. The minimum atomic E-state index is -0.941. The second kappa shape index (κ2) is 9.11. The lowest BCUT2D eigenvalue weighted by atomic mass is 9.93. The van der Waals surface area contributed by atoms with Crippen molar-refractivity contribution in [3.8, 4) is 0 Å². The van der Waals surface area contributed by atoms with Crippen LogP contribution in [0, 0.1) is 0 Å². The minimum Gasteiger partial charge on any atom is -0.393 e. The van der Waals surface area contributed by atoms with Crippen LogP contribution in [0.3, 0.4) is 0 Å². The van der Waals surface area contributed by atoms with E-state index in [2.05, 4.69) is 24.4 Å². The Labute approximate surface area is 147 Å². The lowest BCUT2D eigenvalue weighted by molar-refractivity contribution is 0.173. The van der Waals surface area contributed by atoms with E-state index < -0.39 is 10.8 Å². The number of hydrogen-bond acceptors (Lipinski definition) is 3. The van der Waals surface area contributed by atoms with Crippen LogP contribution in [0.4, 0.5) is 0 Å². The van der Waals surface area contributed by atoms with Gasteiger partial charge >= 0.3 is 0 Å². The first-order valence-electron chi connectivity index (χ1n) is 8.37. The molecular formula is C20H27NO2S. The van der Waals surface area contributed by atoms with Crippen molar-refractivity contribution in [2.75, 3.05) is 12.8 Å². The molecule has 0 bridgehead atoms. The largest absolute Gasteiger partial charge is 0.393 e. The van der Waals surface area contributed by atoms with E-state index >= 15 is 0 Å². The van der Waals surface area contributed by atoms with Crippen molar-refractivity contribution in [1.82, 2.24) is 5.32 Å². The van der Waals surface area contributed by atoms with Crippen molar-refractivity contribution in [3.63, 3.8) is 0 Å². The van der Waals surface area contributed by atoms with Crippen LogP contribution in [0.15, 0.2) is 59.5 Å². The molecule has 24 heavy (non-hydrogen) atoms. The first-order chi connectivity index (χ1) is 11.5. The summed E-state index contributed by atoms with van der Waals surface area (Å²) in [4.78, 5) is 0.849. The molecule has 0 aliphatic carbocycles. The zero-order valence-electron chi connectivity index (χ0n) is 14.6. The number of nitrogens with one attached hydrogen (secondary N) is 1. The summed E-state index contributed by atoms with van der Waals surface area (Å²) in [7, 11) is -0.941. The van der Waals surface area contributed by atoms with Crippen LogP contribution in [0.1, 0.15) is 43.4 Å². The summed E-state index contributed by atoms with van der Waals surface area (Å²) in [5.74, 6) is 0.274. The van der Waals surface area contributed by atoms with Gasteiger partial charge in [-0.3, -0.25) is 4.21 Å². The minimum absolute atomic E-state index is 0.199. The summed E-state index contributed by atoms with van der Waals surface area (Å²) >= 11 is 0. The average Bonchev–Trinajstić information content (AvgIpc) is 2.59. The molecule has 0 aromatic heterocycles. The van der Waals surface area contributed by atoms with E-state index in [-0.39, 0.29) is 18.1 Å². The third-order valence-electron chi connectivity index (χ3n) is 4.28. The highest BCUT2D eigenvalue weighted by Crippen LogP contribution is 2.22. The average molecular weight is 346 g/mol. The Balaban J connectivity index is 2.01. The van der Waals surface area contributed by atoms with Gasteiger partial charge in [0.2, 0.25) is 0 Å². The maximum atomic E-state index is 11.5. The molecule has 130 valence electrons. The molecule has 4 atom stereocenters. The molecule has 2 rings (SSSR count). The van der Waals surface area contributed by atoms with Gasteiger partial charge in [0, 0.05) is 34.5 Å². The Morgan fingerprint density at radius 1 is 1.00 bits per heavy atom. The van der Waals surface area contributed by atoms with Gasteiger partial charge in [0.1, 0.15) is 0 Å². The molecule has 2 aromatic carbocycles. The summed E-state index contributed by atoms with van der Waals surface area (Å²) in [5, 5.41) is 13.4. The van der Waals surface area contributed by atoms with Gasteiger partial charge in [-0.15, -0.1) is 0 Å². The number of rotatable bonds is 8. The molecule has 0 fully saturated rings. The van der Waals surface area contributed by atoms with Gasteiger partial charge in [-0.25, -0.2) is 0 Å². The van der Waals surface area contributed by atoms with E-state index in [0.29, 0.717) is 0 Å². The molecule has 0 aliphatic rings. The predicted molar refractivity (Wildman–Crippen MR) is 101 cm³/mol. The summed E-state index contributed by atoms with van der Waals surface area (Å²) in [6.07, 6.45) is 2.10. The van der Waals surface area contributed by atoms with Crippen molar-refractivity contribution in [1.29, 1.82) is 0 Å². The Bertz CT molecular complexity index is 640. The number of aliphatic hydroxyl groups is 1. The van der Waals surface area contributed by atoms with Crippen LogP contribution >= 0.6 is 0 Å². The topological polar surface area (TPSA) is 49.3 Å². The number of hydrogen-bond donors (Lipinski definition) is 2. The monoisotopic (exact) mass is 345 g/mol. The fourth-order valence-electron chi connectivity index (χ4n) is 2.86. The zero-order chi connectivity index (χ0) is 17.5. The molecule has 4 unspecified atom stereocenters. The first-order valence-corrected chi connectivity index (χ1v) is 9.93. The van der Waals surface area contributed by atoms with Gasteiger partial charge in [-0.05, 0) is 49.4 Å². The Morgan fingerprint density at radius 2 is 1.62 bits per heavy atom. The highest BCUT2D eigenvalue weighted by molar-refractivity contribution is 7.84. The van der Waals surface area contributed by atoms with Crippen molar-refractivity contribution in [3.05, 3.63) is 65.7 Å². The molecule has 0 saturated carbocycles. The number of benzene rings is 2. The van der Waals surface area contributed by atoms with Crippen molar-refractivity contribution in [2.45, 2.75) is 43.2 Å². The van der Waals surface area contributed by atoms with Gasteiger partial charge < -0.3 is 10.4 Å². The van der Waals surface area contributed by atoms with E-state index in [1.807, 2.05) is 49.4 Å². The van der Waals surface area contributed by atoms with E-state index in [1.165, 1.54) is 11.1 Å². The third-order valence-corrected chi connectivity index (χ3v) is 5.22. The third kappa shape index (κ3) is 5.55. The Kier molecular flexibility index (Phi) is 7.16. The molecular weight excluding hydrogens is 318 g/mol. The molecule has 0 heterocycles. The molecule has 4 heteroatoms. The lowest BCUT2D eigenvalue weighted by Crippen LogP contribution is -2.26. The highest BCUT2D eigenvalue weighted by Gasteiger charge is 2.15. The van der Waals surface area contributed by atoms with Crippen molar-refractivity contribution in [2.24, 2.45) is 0 Å². The standard InChI is InChI=1S/C20H27NO2S/c1-15(22)13-19(18-7-5-4-6-8-18)14-21-16(2)17-9-11-20(12-10-17)24(3)23/h4-12,15-16,19,21-22H,13-14H2,1-3H3. The van der Waals surface area contributed by atoms with E-state index in [9.17, 15) is 9.32 Å². The summed E-state index contributed by atoms with van der Waals surface area (Å²) in [6.45, 7) is 4.77. The van der Waals surface area contributed by atoms with E-state index in [0.717, 1.165) is 17.9 Å². The zero-order valence-corrected chi connectivity index (χ0v) is 15.4. The van der Waals surface area contributed by atoms with E-state index in [1.54, 1.807) is 6.26 Å². The molecule has 0 radical (unpaired) electrons. The van der Waals surface area contributed by atoms with Gasteiger partial charge in [0.15, 0.2) is 0 Å². The summed E-state index contributed by atoms with van der Waals surface area (Å²) in [6, 6.07) is 18.4. The molecule has 0 saturated heterocycles. The molecule has 0 amide bonds. The summed E-state index contributed by atoms with van der Waals surface area (Å²) < 4.78 is 11.5. The van der Waals surface area contributed by atoms with Crippen LogP contribution in [0.2, 0.25) is 0 Å². The van der Waals surface area contributed by atoms with Crippen LogP contribution in [-0.4, -0.2) is 28.2 Å². The van der Waals surface area contributed by atoms with Gasteiger partial charge in [0.25, 0.3) is 0 Å². The van der Waals surface area contributed by atoms with Gasteiger partial charge in [0.05, 0.1) is 6.10 Å². The molecule has 2 aromatic rings. The highest BCUT2D eigenvalue weighted by atomic mass is 32.2. The molecule has 0 aliphatic heterocycles. The smallest absolute Gasteiger partial charge is 0.0518 e. The van der Waals surface area contributed by atoms with Crippen LogP contribution in [0.5, 0.6) is 0 Å². The van der Waals surface area contributed by atoms with E-state index in [4.69, 9.17) is 0 Å². The van der Waals surface area contributed by atoms with Crippen LogP contribution < -0.4 is 5.32 Å².